The molecule has 0 aliphatic carbocycles. The van der Waals surface area contributed by atoms with Crippen LogP contribution in [-0.4, -0.2) is 37.4 Å². The molecular weight excluding hydrogens is 290 g/mol. The van der Waals surface area contributed by atoms with Gasteiger partial charge in [0.05, 0.1) is 23.1 Å². The average Bonchev–Trinajstić information content (AvgIpc) is 2.95. The molecule has 0 saturated carbocycles. The number of rotatable bonds is 4. The number of hydrogen-bond donors (Lipinski definition) is 0. The smallest absolute Gasteiger partial charge is 0.247 e. The second-order valence-corrected chi connectivity index (χ2v) is 5.68. The predicted octanol–water partition coefficient (Wildman–Crippen LogP) is 2.11. The maximum Gasteiger partial charge on any atom is 0.247 e. The highest BCUT2D eigenvalue weighted by atomic mass is 35.5. The van der Waals surface area contributed by atoms with E-state index in [-0.39, 0.29) is 11.9 Å². The SMILES string of the molecule is Cc1c(CN(C)C(=O)[C@H](C)n2ncc(Cl)c2C)cnn1C. The van der Waals surface area contributed by atoms with Crippen LogP contribution >= 0.6 is 11.6 Å². The number of amides is 1. The van der Waals surface area contributed by atoms with Gasteiger partial charge in [-0.25, -0.2) is 0 Å². The van der Waals surface area contributed by atoms with Gasteiger partial charge < -0.3 is 4.90 Å². The molecule has 1 amide bonds. The molecule has 21 heavy (non-hydrogen) atoms. The van der Waals surface area contributed by atoms with Crippen molar-refractivity contribution in [3.05, 3.63) is 34.4 Å². The molecule has 1 atom stereocenters. The number of carbonyl (C=O) groups excluding carboxylic acids is 1. The summed E-state index contributed by atoms with van der Waals surface area (Å²) in [4.78, 5) is 14.2. The van der Waals surface area contributed by atoms with Crippen LogP contribution in [0.2, 0.25) is 5.02 Å². The van der Waals surface area contributed by atoms with Crippen molar-refractivity contribution in [2.45, 2.75) is 33.4 Å². The largest absolute Gasteiger partial charge is 0.339 e. The minimum Gasteiger partial charge on any atom is -0.339 e. The number of hydrogen-bond acceptors (Lipinski definition) is 3. The summed E-state index contributed by atoms with van der Waals surface area (Å²) in [5.74, 6) is -0.0129. The normalized spacial score (nSPS) is 12.5. The predicted molar refractivity (Wildman–Crippen MR) is 81.1 cm³/mol. The van der Waals surface area contributed by atoms with Crippen molar-refractivity contribution in [2.24, 2.45) is 7.05 Å². The number of carbonyl (C=O) groups is 1. The lowest BCUT2D eigenvalue weighted by atomic mass is 10.2. The molecule has 6 nitrogen and oxygen atoms in total. The van der Waals surface area contributed by atoms with E-state index in [0.29, 0.717) is 11.6 Å². The van der Waals surface area contributed by atoms with Crippen LogP contribution in [0.5, 0.6) is 0 Å². The van der Waals surface area contributed by atoms with Crippen LogP contribution < -0.4 is 0 Å². The molecule has 0 N–H and O–H groups in total. The first kappa shape index (κ1) is 15.6. The van der Waals surface area contributed by atoms with Crippen LogP contribution in [-0.2, 0) is 18.4 Å². The highest BCUT2D eigenvalue weighted by Crippen LogP contribution is 2.19. The third-order valence-corrected chi connectivity index (χ3v) is 4.20. The van der Waals surface area contributed by atoms with Gasteiger partial charge in [-0.2, -0.15) is 10.2 Å². The highest BCUT2D eigenvalue weighted by Gasteiger charge is 2.22. The van der Waals surface area contributed by atoms with E-state index in [2.05, 4.69) is 10.2 Å². The molecule has 7 heteroatoms. The molecule has 0 bridgehead atoms. The van der Waals surface area contributed by atoms with Gasteiger partial charge in [-0.3, -0.25) is 14.2 Å². The average molecular weight is 310 g/mol. The van der Waals surface area contributed by atoms with E-state index < -0.39 is 0 Å². The maximum absolute atomic E-state index is 12.5. The van der Waals surface area contributed by atoms with E-state index in [9.17, 15) is 4.79 Å². The number of nitrogens with zero attached hydrogens (tertiary/aromatic N) is 5. The summed E-state index contributed by atoms with van der Waals surface area (Å²) in [6, 6.07) is -0.389. The summed E-state index contributed by atoms with van der Waals surface area (Å²) in [6.45, 7) is 6.19. The van der Waals surface area contributed by atoms with Gasteiger partial charge in [-0.05, 0) is 20.8 Å². The third-order valence-electron chi connectivity index (χ3n) is 3.83. The van der Waals surface area contributed by atoms with E-state index in [1.54, 1.807) is 33.7 Å². The quantitative estimate of drug-likeness (QED) is 0.869. The Balaban J connectivity index is 2.12. The summed E-state index contributed by atoms with van der Waals surface area (Å²) in [7, 11) is 3.67. The van der Waals surface area contributed by atoms with Crippen molar-refractivity contribution in [3.8, 4) is 0 Å². The molecule has 0 aromatic carbocycles. The second-order valence-electron chi connectivity index (χ2n) is 5.27. The molecule has 2 heterocycles. The van der Waals surface area contributed by atoms with Crippen LogP contribution in [0.4, 0.5) is 0 Å². The monoisotopic (exact) mass is 309 g/mol. The van der Waals surface area contributed by atoms with Crippen LogP contribution in [0.15, 0.2) is 12.4 Å². The number of likely N-dealkylation sites (N-methyl/N-ethyl adjacent to an activating group) is 1. The Morgan fingerprint density at radius 3 is 2.48 bits per heavy atom. The Bertz CT molecular complexity index is 660. The van der Waals surface area contributed by atoms with Crippen molar-refractivity contribution in [1.29, 1.82) is 0 Å². The fraction of sp³-hybridized carbons (Fsp3) is 0.500. The van der Waals surface area contributed by atoms with Gasteiger partial charge in [0, 0.05) is 31.9 Å². The number of halogens is 1. The van der Waals surface area contributed by atoms with Crippen LogP contribution in [0.25, 0.3) is 0 Å². The Hall–Kier alpha value is -1.82. The molecule has 0 fully saturated rings. The maximum atomic E-state index is 12.5. The van der Waals surface area contributed by atoms with Gasteiger partial charge in [0.2, 0.25) is 5.91 Å². The second kappa shape index (κ2) is 5.89. The summed E-state index contributed by atoms with van der Waals surface area (Å²) in [5, 5.41) is 8.93. The zero-order chi connectivity index (χ0) is 15.7. The molecule has 2 rings (SSSR count). The molecule has 114 valence electrons. The van der Waals surface area contributed by atoms with E-state index in [0.717, 1.165) is 17.0 Å². The molecule has 0 aliphatic heterocycles. The topological polar surface area (TPSA) is 56.0 Å². The fourth-order valence-electron chi connectivity index (χ4n) is 2.25. The van der Waals surface area contributed by atoms with E-state index in [1.165, 1.54) is 0 Å². The lowest BCUT2D eigenvalue weighted by Crippen LogP contribution is -2.33. The summed E-state index contributed by atoms with van der Waals surface area (Å²) in [6.07, 6.45) is 3.35. The van der Waals surface area contributed by atoms with Crippen LogP contribution in [0, 0.1) is 13.8 Å². The molecular formula is C14H20ClN5O. The molecule has 2 aromatic heterocycles. The lowest BCUT2D eigenvalue weighted by Gasteiger charge is -2.22. The minimum absolute atomic E-state index is 0.0129. The Morgan fingerprint density at radius 1 is 1.33 bits per heavy atom. The van der Waals surface area contributed by atoms with Crippen molar-refractivity contribution >= 4 is 17.5 Å². The van der Waals surface area contributed by atoms with Gasteiger partial charge in [0.1, 0.15) is 6.04 Å². The van der Waals surface area contributed by atoms with E-state index in [4.69, 9.17) is 11.6 Å². The summed E-state index contributed by atoms with van der Waals surface area (Å²) >= 11 is 5.99. The summed E-state index contributed by atoms with van der Waals surface area (Å²) in [5.41, 5.74) is 2.89. The van der Waals surface area contributed by atoms with Gasteiger partial charge in [-0.1, -0.05) is 11.6 Å². The Morgan fingerprint density at radius 2 is 2.00 bits per heavy atom. The fourth-order valence-corrected chi connectivity index (χ4v) is 2.38. The first-order valence-corrected chi connectivity index (χ1v) is 7.12. The Labute approximate surface area is 129 Å². The zero-order valence-electron chi connectivity index (χ0n) is 13.0. The minimum atomic E-state index is -0.389. The van der Waals surface area contributed by atoms with Crippen LogP contribution in [0.3, 0.4) is 0 Å². The lowest BCUT2D eigenvalue weighted by molar-refractivity contribution is -0.133. The molecule has 0 saturated heterocycles. The molecule has 0 radical (unpaired) electrons. The molecule has 2 aromatic rings. The number of aromatic nitrogens is 4. The van der Waals surface area contributed by atoms with Crippen molar-refractivity contribution < 1.29 is 4.79 Å². The zero-order valence-corrected chi connectivity index (χ0v) is 13.7. The number of aryl methyl sites for hydroxylation is 1. The van der Waals surface area contributed by atoms with Gasteiger partial charge in [-0.15, -0.1) is 0 Å². The van der Waals surface area contributed by atoms with E-state index in [1.807, 2.05) is 27.8 Å². The van der Waals surface area contributed by atoms with Gasteiger partial charge in [0.15, 0.2) is 0 Å². The molecule has 0 spiro atoms. The standard InChI is InChI=1S/C14H20ClN5O/c1-9-12(6-16-19(9)5)8-18(4)14(21)11(3)20-10(2)13(15)7-17-20/h6-7,11H,8H2,1-5H3/t11-/m0/s1. The van der Waals surface area contributed by atoms with Gasteiger partial charge in [0.25, 0.3) is 0 Å². The van der Waals surface area contributed by atoms with Crippen molar-refractivity contribution in [2.75, 3.05) is 7.05 Å². The first-order chi connectivity index (χ1) is 9.82. The van der Waals surface area contributed by atoms with Crippen molar-refractivity contribution in [1.82, 2.24) is 24.5 Å². The van der Waals surface area contributed by atoms with Crippen LogP contribution in [0.1, 0.15) is 29.9 Å². The van der Waals surface area contributed by atoms with E-state index >= 15 is 0 Å². The highest BCUT2D eigenvalue weighted by molar-refractivity contribution is 6.31. The third kappa shape index (κ3) is 2.95. The molecule has 0 aliphatic rings. The molecule has 0 unspecified atom stereocenters. The Kier molecular flexibility index (Phi) is 4.37. The van der Waals surface area contributed by atoms with Crippen molar-refractivity contribution in [3.63, 3.8) is 0 Å². The van der Waals surface area contributed by atoms with Gasteiger partial charge >= 0.3 is 0 Å². The summed E-state index contributed by atoms with van der Waals surface area (Å²) < 4.78 is 3.45. The first-order valence-electron chi connectivity index (χ1n) is 6.75.